The quantitative estimate of drug-likeness (QED) is 0.788. The second-order valence-corrected chi connectivity index (χ2v) is 3.90. The second-order valence-electron chi connectivity index (χ2n) is 3.90. The van der Waals surface area contributed by atoms with E-state index >= 15 is 0 Å². The van der Waals surface area contributed by atoms with Crippen LogP contribution in [0.2, 0.25) is 0 Å². The van der Waals surface area contributed by atoms with Crippen LogP contribution >= 0.6 is 0 Å². The molecule has 0 aliphatic carbocycles. The third-order valence-corrected chi connectivity index (χ3v) is 2.27. The first kappa shape index (κ1) is 13.9. The van der Waals surface area contributed by atoms with E-state index in [1.807, 2.05) is 0 Å². The lowest BCUT2D eigenvalue weighted by atomic mass is 10.1. The summed E-state index contributed by atoms with van der Waals surface area (Å²) >= 11 is 0. The van der Waals surface area contributed by atoms with Crippen LogP contribution in [-0.2, 0) is 4.74 Å². The van der Waals surface area contributed by atoms with E-state index < -0.39 is 11.9 Å². The van der Waals surface area contributed by atoms with Crippen molar-refractivity contribution in [2.45, 2.75) is 19.1 Å². The van der Waals surface area contributed by atoms with E-state index in [-0.39, 0.29) is 25.0 Å². The third-order valence-electron chi connectivity index (χ3n) is 2.27. The number of hydrogen-bond donors (Lipinski definition) is 2. The van der Waals surface area contributed by atoms with Gasteiger partial charge in [-0.1, -0.05) is 6.07 Å². The summed E-state index contributed by atoms with van der Waals surface area (Å²) in [6.45, 7) is 1.92. The zero-order valence-electron chi connectivity index (χ0n) is 10.0. The van der Waals surface area contributed by atoms with Crippen LogP contribution in [0.1, 0.15) is 18.5 Å². The molecule has 1 aromatic rings. The molecule has 0 saturated heterocycles. The van der Waals surface area contributed by atoms with E-state index in [4.69, 9.17) is 15.2 Å². The summed E-state index contributed by atoms with van der Waals surface area (Å²) in [7, 11) is 1.47. The molecule has 5 heteroatoms. The van der Waals surface area contributed by atoms with Gasteiger partial charge in [-0.3, -0.25) is 0 Å². The summed E-state index contributed by atoms with van der Waals surface area (Å²) < 4.78 is 23.4. The molecule has 1 rings (SSSR count). The minimum atomic E-state index is -0.771. The van der Waals surface area contributed by atoms with Gasteiger partial charge in [0, 0.05) is 13.2 Å². The van der Waals surface area contributed by atoms with Crippen LogP contribution in [0.15, 0.2) is 18.2 Å². The molecule has 0 aliphatic heterocycles. The lowest BCUT2D eigenvalue weighted by Crippen LogP contribution is -2.22. The maximum absolute atomic E-state index is 13.6. The Hall–Kier alpha value is -1.17. The normalized spacial score (nSPS) is 14.4. The van der Waals surface area contributed by atoms with Crippen LogP contribution in [0.4, 0.5) is 4.39 Å². The van der Waals surface area contributed by atoms with Crippen LogP contribution < -0.4 is 10.5 Å². The molecule has 0 spiro atoms. The average molecular weight is 243 g/mol. The van der Waals surface area contributed by atoms with Crippen molar-refractivity contribution in [2.24, 2.45) is 5.73 Å². The molecule has 2 atom stereocenters. The maximum Gasteiger partial charge on any atom is 0.165 e. The highest BCUT2D eigenvalue weighted by Gasteiger charge is 2.09. The molecule has 0 heterocycles. The first-order valence-electron chi connectivity index (χ1n) is 5.39. The van der Waals surface area contributed by atoms with Crippen molar-refractivity contribution in [2.75, 3.05) is 20.3 Å². The number of benzene rings is 1. The zero-order chi connectivity index (χ0) is 12.8. The van der Waals surface area contributed by atoms with Crippen molar-refractivity contribution in [1.29, 1.82) is 0 Å². The number of rotatable bonds is 6. The Kier molecular flexibility index (Phi) is 5.34. The standard InChI is InChI=1S/C12H18FNO3/c1-8(14)9-3-4-12(11(13)5-9)17-7-10(15)6-16-2/h3-5,8,10,15H,6-7,14H2,1-2H3/t8-,10?/m0/s1. The van der Waals surface area contributed by atoms with Crippen LogP contribution in [-0.4, -0.2) is 31.5 Å². The van der Waals surface area contributed by atoms with Gasteiger partial charge in [0.1, 0.15) is 12.7 Å². The van der Waals surface area contributed by atoms with E-state index in [1.54, 1.807) is 13.0 Å². The number of aliphatic hydroxyl groups is 1. The minimum absolute atomic E-state index is 0.0116. The Morgan fingerprint density at radius 1 is 1.41 bits per heavy atom. The molecule has 3 N–H and O–H groups in total. The van der Waals surface area contributed by atoms with Gasteiger partial charge in [0.2, 0.25) is 0 Å². The van der Waals surface area contributed by atoms with Gasteiger partial charge in [0.25, 0.3) is 0 Å². The van der Waals surface area contributed by atoms with Crippen LogP contribution in [0, 0.1) is 5.82 Å². The van der Waals surface area contributed by atoms with Gasteiger partial charge in [-0.15, -0.1) is 0 Å². The molecule has 0 fully saturated rings. The Balaban J connectivity index is 2.60. The highest BCUT2D eigenvalue weighted by atomic mass is 19.1. The van der Waals surface area contributed by atoms with Gasteiger partial charge in [0.15, 0.2) is 11.6 Å². The number of halogens is 1. The topological polar surface area (TPSA) is 64.7 Å². The number of nitrogens with two attached hydrogens (primary N) is 1. The van der Waals surface area contributed by atoms with Gasteiger partial charge in [0.05, 0.1) is 6.61 Å². The molecule has 0 radical (unpaired) electrons. The molecule has 0 aromatic heterocycles. The fourth-order valence-corrected chi connectivity index (χ4v) is 1.34. The van der Waals surface area contributed by atoms with E-state index in [9.17, 15) is 9.50 Å². The number of aliphatic hydroxyl groups excluding tert-OH is 1. The van der Waals surface area contributed by atoms with Crippen LogP contribution in [0.5, 0.6) is 5.75 Å². The van der Waals surface area contributed by atoms with Gasteiger partial charge in [-0.25, -0.2) is 4.39 Å². The highest BCUT2D eigenvalue weighted by Crippen LogP contribution is 2.21. The molecule has 0 amide bonds. The summed E-state index contributed by atoms with van der Waals surface area (Å²) in [4.78, 5) is 0. The maximum atomic E-state index is 13.6. The van der Waals surface area contributed by atoms with Crippen molar-refractivity contribution in [3.8, 4) is 5.75 Å². The third kappa shape index (κ3) is 4.30. The molecule has 0 aliphatic rings. The lowest BCUT2D eigenvalue weighted by Gasteiger charge is -2.13. The minimum Gasteiger partial charge on any atom is -0.488 e. The van der Waals surface area contributed by atoms with Crippen molar-refractivity contribution < 1.29 is 19.0 Å². The molecule has 0 bridgehead atoms. The van der Waals surface area contributed by atoms with E-state index in [1.165, 1.54) is 19.2 Å². The fourth-order valence-electron chi connectivity index (χ4n) is 1.34. The van der Waals surface area contributed by atoms with E-state index in [0.717, 1.165) is 0 Å². The van der Waals surface area contributed by atoms with Crippen molar-refractivity contribution in [3.63, 3.8) is 0 Å². The number of ether oxygens (including phenoxy) is 2. The Labute approximate surface area is 100 Å². The van der Waals surface area contributed by atoms with Crippen molar-refractivity contribution in [3.05, 3.63) is 29.6 Å². The van der Waals surface area contributed by atoms with Gasteiger partial charge in [-0.2, -0.15) is 0 Å². The SMILES string of the molecule is COCC(O)COc1ccc([C@H](C)N)cc1F. The Morgan fingerprint density at radius 2 is 2.12 bits per heavy atom. The zero-order valence-corrected chi connectivity index (χ0v) is 10.0. The van der Waals surface area contributed by atoms with Gasteiger partial charge in [-0.05, 0) is 24.6 Å². The predicted molar refractivity (Wildman–Crippen MR) is 62.4 cm³/mol. The predicted octanol–water partition coefficient (Wildman–Crippen LogP) is 1.23. The van der Waals surface area contributed by atoms with E-state index in [0.29, 0.717) is 5.56 Å². The lowest BCUT2D eigenvalue weighted by molar-refractivity contribution is 0.0316. The molecule has 4 nitrogen and oxygen atoms in total. The first-order valence-corrected chi connectivity index (χ1v) is 5.39. The summed E-state index contributed by atoms with van der Waals surface area (Å²) in [6.07, 6.45) is -0.771. The molecule has 96 valence electrons. The monoisotopic (exact) mass is 243 g/mol. The summed E-state index contributed by atoms with van der Waals surface area (Å²) in [5, 5.41) is 9.35. The smallest absolute Gasteiger partial charge is 0.165 e. The second kappa shape index (κ2) is 6.54. The first-order chi connectivity index (χ1) is 8.04. The summed E-state index contributed by atoms with van der Waals surface area (Å²) in [6, 6.07) is 4.32. The summed E-state index contributed by atoms with van der Waals surface area (Å²) in [5.41, 5.74) is 6.33. The number of hydrogen-bond acceptors (Lipinski definition) is 4. The molecular formula is C12H18FNO3. The average Bonchev–Trinajstić information content (AvgIpc) is 2.27. The fraction of sp³-hybridized carbons (Fsp3) is 0.500. The van der Waals surface area contributed by atoms with Crippen LogP contribution in [0.25, 0.3) is 0 Å². The van der Waals surface area contributed by atoms with E-state index in [2.05, 4.69) is 0 Å². The van der Waals surface area contributed by atoms with Gasteiger partial charge >= 0.3 is 0 Å². The molecular weight excluding hydrogens is 225 g/mol. The number of methoxy groups -OCH3 is 1. The molecule has 0 saturated carbocycles. The highest BCUT2D eigenvalue weighted by molar-refractivity contribution is 5.30. The largest absolute Gasteiger partial charge is 0.488 e. The summed E-state index contributed by atoms with van der Waals surface area (Å²) in [5.74, 6) is -0.381. The molecule has 1 aromatic carbocycles. The Bertz CT molecular complexity index is 358. The van der Waals surface area contributed by atoms with Crippen molar-refractivity contribution in [1.82, 2.24) is 0 Å². The van der Waals surface area contributed by atoms with Crippen molar-refractivity contribution >= 4 is 0 Å². The Morgan fingerprint density at radius 3 is 2.65 bits per heavy atom. The van der Waals surface area contributed by atoms with Gasteiger partial charge < -0.3 is 20.3 Å². The van der Waals surface area contributed by atoms with Crippen LogP contribution in [0.3, 0.4) is 0 Å². The molecule has 17 heavy (non-hydrogen) atoms. The molecule has 1 unspecified atom stereocenters.